The smallest absolute Gasteiger partial charge is 0.260 e. The maximum absolute atomic E-state index is 13.5. The van der Waals surface area contributed by atoms with Crippen molar-refractivity contribution in [2.75, 3.05) is 17.3 Å². The van der Waals surface area contributed by atoms with E-state index in [9.17, 15) is 9.59 Å². The van der Waals surface area contributed by atoms with E-state index in [2.05, 4.69) is 11.9 Å². The molecule has 0 aliphatic rings. The zero-order valence-electron chi connectivity index (χ0n) is 20.0. The predicted octanol–water partition coefficient (Wildman–Crippen LogP) is 6.92. The normalized spacial score (nSPS) is 10.5. The third-order valence-electron chi connectivity index (χ3n) is 6.01. The number of nitrogens with zero attached hydrogens (tertiary/aromatic N) is 1. The number of rotatable bonds is 7. The van der Waals surface area contributed by atoms with E-state index in [-0.39, 0.29) is 11.8 Å². The van der Waals surface area contributed by atoms with Crippen molar-refractivity contribution in [1.29, 1.82) is 0 Å². The molecule has 0 saturated heterocycles. The first-order chi connectivity index (χ1) is 17.0. The molecule has 1 N–H and O–H groups in total. The van der Waals surface area contributed by atoms with Crippen molar-refractivity contribution in [2.24, 2.45) is 0 Å². The van der Waals surface area contributed by atoms with Gasteiger partial charge in [-0.05, 0) is 53.8 Å². The van der Waals surface area contributed by atoms with Gasteiger partial charge in [0.25, 0.3) is 11.8 Å². The molecule has 174 valence electrons. The van der Waals surface area contributed by atoms with Crippen LogP contribution in [0.15, 0.2) is 110 Å². The fraction of sp³-hybridized carbons (Fsp3) is 0.0968. The van der Waals surface area contributed by atoms with Crippen LogP contribution in [0.2, 0.25) is 0 Å². The van der Waals surface area contributed by atoms with Gasteiger partial charge in [-0.15, -0.1) is 6.58 Å². The Hall–Kier alpha value is -4.44. The number of allylic oxidation sites excluding steroid dienone is 1. The summed E-state index contributed by atoms with van der Waals surface area (Å²) in [6.45, 7) is 5.74. The topological polar surface area (TPSA) is 49.4 Å². The molecule has 4 aromatic rings. The molecule has 0 heterocycles. The van der Waals surface area contributed by atoms with Crippen LogP contribution in [0.25, 0.3) is 11.1 Å². The van der Waals surface area contributed by atoms with Gasteiger partial charge in [-0.1, -0.05) is 84.9 Å². The second-order valence-corrected chi connectivity index (χ2v) is 8.35. The molecule has 0 aliphatic carbocycles. The molecular weight excluding hydrogens is 432 g/mol. The Balaban J connectivity index is 1.67. The SMILES string of the molecule is C=CCc1ccccc1N(C)C(=O)c1ccccc1NC(=O)c1c(C)cccc1-c1ccccc1. The fourth-order valence-corrected chi connectivity index (χ4v) is 4.25. The Labute approximate surface area is 206 Å². The van der Waals surface area contributed by atoms with Gasteiger partial charge >= 0.3 is 0 Å². The molecule has 35 heavy (non-hydrogen) atoms. The van der Waals surface area contributed by atoms with Crippen molar-refractivity contribution in [3.63, 3.8) is 0 Å². The van der Waals surface area contributed by atoms with Gasteiger partial charge in [-0.25, -0.2) is 0 Å². The van der Waals surface area contributed by atoms with Gasteiger partial charge in [0, 0.05) is 12.7 Å². The summed E-state index contributed by atoms with van der Waals surface area (Å²) in [6, 6.07) is 30.5. The van der Waals surface area contributed by atoms with E-state index < -0.39 is 0 Å². The maximum atomic E-state index is 13.5. The van der Waals surface area contributed by atoms with Gasteiger partial charge in [-0.3, -0.25) is 9.59 Å². The molecule has 2 amide bonds. The number of benzene rings is 4. The first-order valence-electron chi connectivity index (χ1n) is 11.5. The first-order valence-corrected chi connectivity index (χ1v) is 11.5. The van der Waals surface area contributed by atoms with Crippen molar-refractivity contribution in [3.8, 4) is 11.1 Å². The van der Waals surface area contributed by atoms with Gasteiger partial charge in [-0.2, -0.15) is 0 Å². The van der Waals surface area contributed by atoms with Crippen molar-refractivity contribution >= 4 is 23.2 Å². The van der Waals surface area contributed by atoms with E-state index >= 15 is 0 Å². The molecule has 4 heteroatoms. The van der Waals surface area contributed by atoms with Crippen LogP contribution in [0, 0.1) is 6.92 Å². The third kappa shape index (κ3) is 5.07. The summed E-state index contributed by atoms with van der Waals surface area (Å²) in [4.78, 5) is 28.7. The van der Waals surface area contributed by atoms with Gasteiger partial charge in [0.2, 0.25) is 0 Å². The molecule has 4 aromatic carbocycles. The zero-order chi connectivity index (χ0) is 24.8. The van der Waals surface area contributed by atoms with Crippen molar-refractivity contribution in [3.05, 3.63) is 132 Å². The number of nitrogens with one attached hydrogen (secondary N) is 1. The van der Waals surface area contributed by atoms with E-state index in [0.717, 1.165) is 27.9 Å². The second kappa shape index (κ2) is 10.7. The lowest BCUT2D eigenvalue weighted by molar-refractivity contribution is 0.0993. The Morgan fingerprint density at radius 2 is 1.54 bits per heavy atom. The Morgan fingerprint density at radius 3 is 2.31 bits per heavy atom. The average molecular weight is 461 g/mol. The lowest BCUT2D eigenvalue weighted by atomic mass is 9.95. The highest BCUT2D eigenvalue weighted by Crippen LogP contribution is 2.29. The molecular formula is C31H28N2O2. The average Bonchev–Trinajstić information content (AvgIpc) is 2.89. The van der Waals surface area contributed by atoms with Crippen molar-refractivity contribution in [2.45, 2.75) is 13.3 Å². The number of para-hydroxylation sites is 2. The molecule has 4 nitrogen and oxygen atoms in total. The van der Waals surface area contributed by atoms with Crippen LogP contribution in [0.1, 0.15) is 31.8 Å². The lowest BCUT2D eigenvalue weighted by Crippen LogP contribution is -2.28. The number of hydrogen-bond donors (Lipinski definition) is 1. The number of aryl methyl sites for hydroxylation is 1. The van der Waals surface area contributed by atoms with E-state index in [1.54, 1.807) is 30.1 Å². The monoisotopic (exact) mass is 460 g/mol. The van der Waals surface area contributed by atoms with Crippen LogP contribution >= 0.6 is 0 Å². The minimum absolute atomic E-state index is 0.203. The summed E-state index contributed by atoms with van der Waals surface area (Å²) in [5.41, 5.74) is 5.97. The number of anilines is 2. The molecule has 0 atom stereocenters. The number of carbonyl (C=O) groups excluding carboxylic acids is 2. The quantitative estimate of drug-likeness (QED) is 0.304. The molecule has 0 bridgehead atoms. The summed E-state index contributed by atoms with van der Waals surface area (Å²) >= 11 is 0. The van der Waals surface area contributed by atoms with Gasteiger partial charge in [0.05, 0.1) is 16.8 Å². The van der Waals surface area contributed by atoms with Gasteiger partial charge in [0.1, 0.15) is 0 Å². The minimum atomic E-state index is -0.253. The molecule has 0 spiro atoms. The number of carbonyl (C=O) groups is 2. The molecule has 0 saturated carbocycles. The van der Waals surface area contributed by atoms with Crippen LogP contribution in [-0.2, 0) is 6.42 Å². The van der Waals surface area contributed by atoms with Crippen LogP contribution in [0.4, 0.5) is 11.4 Å². The zero-order valence-corrected chi connectivity index (χ0v) is 20.0. The largest absolute Gasteiger partial charge is 0.321 e. The van der Waals surface area contributed by atoms with Crippen LogP contribution < -0.4 is 10.2 Å². The number of amides is 2. The van der Waals surface area contributed by atoms with Gasteiger partial charge < -0.3 is 10.2 Å². The molecule has 0 radical (unpaired) electrons. The number of hydrogen-bond acceptors (Lipinski definition) is 2. The van der Waals surface area contributed by atoms with E-state index in [0.29, 0.717) is 23.2 Å². The molecule has 0 fully saturated rings. The summed E-state index contributed by atoms with van der Waals surface area (Å²) in [7, 11) is 1.75. The Bertz CT molecular complexity index is 1380. The third-order valence-corrected chi connectivity index (χ3v) is 6.01. The highest BCUT2D eigenvalue weighted by molar-refractivity contribution is 6.15. The highest BCUT2D eigenvalue weighted by Gasteiger charge is 2.22. The summed E-state index contributed by atoms with van der Waals surface area (Å²) in [5.74, 6) is -0.456. The highest BCUT2D eigenvalue weighted by atomic mass is 16.2. The van der Waals surface area contributed by atoms with Crippen LogP contribution in [0.5, 0.6) is 0 Å². The fourth-order valence-electron chi connectivity index (χ4n) is 4.25. The van der Waals surface area contributed by atoms with Gasteiger partial charge in [0.15, 0.2) is 0 Å². The first kappa shape index (κ1) is 23.7. The summed E-state index contributed by atoms with van der Waals surface area (Å²) < 4.78 is 0. The Kier molecular flexibility index (Phi) is 7.22. The molecule has 0 aliphatic heterocycles. The second-order valence-electron chi connectivity index (χ2n) is 8.35. The van der Waals surface area contributed by atoms with Crippen LogP contribution in [0.3, 0.4) is 0 Å². The van der Waals surface area contributed by atoms with E-state index in [1.807, 2.05) is 91.9 Å². The molecule has 0 unspecified atom stereocenters. The van der Waals surface area contributed by atoms with E-state index in [1.165, 1.54) is 0 Å². The molecule has 0 aromatic heterocycles. The predicted molar refractivity (Wildman–Crippen MR) is 144 cm³/mol. The lowest BCUT2D eigenvalue weighted by Gasteiger charge is -2.22. The standard InChI is InChI=1S/C31H28N2O2/c1-4-13-24-17-8-11-21-28(24)33(3)31(35)26-18-9-10-20-27(26)32-30(34)29-22(2)14-12-19-25(29)23-15-6-5-7-16-23/h4-12,14-21H,1,13H2,2-3H3,(H,32,34). The van der Waals surface area contributed by atoms with E-state index in [4.69, 9.17) is 0 Å². The summed E-state index contributed by atoms with van der Waals surface area (Å²) in [6.07, 6.45) is 2.47. The Morgan fingerprint density at radius 1 is 0.857 bits per heavy atom. The summed E-state index contributed by atoms with van der Waals surface area (Å²) in [5, 5.41) is 3.00. The molecule has 4 rings (SSSR count). The van der Waals surface area contributed by atoms with Crippen molar-refractivity contribution in [1.82, 2.24) is 0 Å². The van der Waals surface area contributed by atoms with Crippen LogP contribution in [-0.4, -0.2) is 18.9 Å². The van der Waals surface area contributed by atoms with Crippen molar-refractivity contribution < 1.29 is 9.59 Å². The maximum Gasteiger partial charge on any atom is 0.260 e. The minimum Gasteiger partial charge on any atom is -0.321 e.